The first-order valence-electron chi connectivity index (χ1n) is 10.8. The van der Waals surface area contributed by atoms with Gasteiger partial charge in [-0.1, -0.05) is 30.3 Å². The second-order valence-corrected chi connectivity index (χ2v) is 7.98. The van der Waals surface area contributed by atoms with Crippen LogP contribution in [0.3, 0.4) is 0 Å². The van der Waals surface area contributed by atoms with Crippen LogP contribution in [0.4, 0.5) is 17.5 Å². The molecule has 0 atom stereocenters. The molecule has 1 amide bonds. The molecule has 1 aliphatic rings. The molecule has 0 bridgehead atoms. The number of nitrogens with two attached hydrogens (primary N) is 1. The Labute approximate surface area is 190 Å². The quantitative estimate of drug-likeness (QED) is 0.413. The molecule has 5 rings (SSSR count). The monoisotopic (exact) mass is 444 g/mol. The Morgan fingerprint density at radius 1 is 1.15 bits per heavy atom. The van der Waals surface area contributed by atoms with Crippen LogP contribution < -0.4 is 16.4 Å². The minimum atomic E-state index is -0.708. The van der Waals surface area contributed by atoms with E-state index in [9.17, 15) is 4.79 Å². The Bertz CT molecular complexity index is 1300. The van der Waals surface area contributed by atoms with E-state index in [1.54, 1.807) is 4.68 Å². The summed E-state index contributed by atoms with van der Waals surface area (Å²) >= 11 is 0. The number of benzene rings is 2. The lowest BCUT2D eigenvalue weighted by Gasteiger charge is -2.23. The molecule has 1 fully saturated rings. The molecule has 0 spiro atoms. The molecule has 4 aromatic rings. The molecular weight excluding hydrogens is 420 g/mol. The fraction of sp³-hybridized carbons (Fsp3) is 0.261. The van der Waals surface area contributed by atoms with Crippen LogP contribution in [0.5, 0.6) is 0 Å². The Morgan fingerprint density at radius 2 is 1.94 bits per heavy atom. The highest BCUT2D eigenvalue weighted by atomic mass is 16.5. The molecule has 1 aliphatic heterocycles. The topological polar surface area (TPSA) is 133 Å². The van der Waals surface area contributed by atoms with Crippen LogP contribution in [0, 0.1) is 0 Å². The van der Waals surface area contributed by atoms with Crippen molar-refractivity contribution in [2.45, 2.75) is 18.9 Å². The first-order valence-corrected chi connectivity index (χ1v) is 10.8. The van der Waals surface area contributed by atoms with Crippen LogP contribution in [0.1, 0.15) is 23.3 Å². The lowest BCUT2D eigenvalue weighted by atomic mass is 10.0. The molecular formula is C23H24N8O2. The van der Waals surface area contributed by atoms with Crippen molar-refractivity contribution in [2.75, 3.05) is 23.8 Å². The number of nitrogens with zero attached hydrogens (tertiary/aromatic N) is 5. The van der Waals surface area contributed by atoms with E-state index in [-0.39, 0.29) is 17.6 Å². The summed E-state index contributed by atoms with van der Waals surface area (Å²) in [6, 6.07) is 14.1. The number of hydrogen-bond donors (Lipinski definition) is 3. The number of anilines is 3. The van der Waals surface area contributed by atoms with Gasteiger partial charge in [-0.2, -0.15) is 10.1 Å². The van der Waals surface area contributed by atoms with Gasteiger partial charge in [-0.25, -0.2) is 0 Å². The third kappa shape index (κ3) is 4.46. The van der Waals surface area contributed by atoms with Crippen molar-refractivity contribution in [3.63, 3.8) is 0 Å². The first-order chi connectivity index (χ1) is 16.1. The Kier molecular flexibility index (Phi) is 5.57. The molecule has 3 heterocycles. The predicted octanol–water partition coefficient (Wildman–Crippen LogP) is 2.86. The van der Waals surface area contributed by atoms with E-state index in [0.29, 0.717) is 19.2 Å². The van der Waals surface area contributed by atoms with Gasteiger partial charge >= 0.3 is 0 Å². The van der Waals surface area contributed by atoms with Gasteiger partial charge in [-0.15, -0.1) is 10.2 Å². The third-order valence-corrected chi connectivity index (χ3v) is 5.55. The molecule has 33 heavy (non-hydrogen) atoms. The highest BCUT2D eigenvalue weighted by Crippen LogP contribution is 2.32. The zero-order valence-electron chi connectivity index (χ0n) is 18.2. The summed E-state index contributed by atoms with van der Waals surface area (Å²) < 4.78 is 7.17. The summed E-state index contributed by atoms with van der Waals surface area (Å²) in [5.74, 6) is -0.129. The number of carbonyl (C=O) groups is 1. The summed E-state index contributed by atoms with van der Waals surface area (Å²) in [4.78, 5) is 16.5. The van der Waals surface area contributed by atoms with E-state index in [1.165, 1.54) is 0 Å². The van der Waals surface area contributed by atoms with E-state index in [1.807, 2.05) is 55.7 Å². The molecule has 10 heteroatoms. The van der Waals surface area contributed by atoms with E-state index in [4.69, 9.17) is 10.5 Å². The predicted molar refractivity (Wildman–Crippen MR) is 125 cm³/mol. The lowest BCUT2D eigenvalue weighted by Crippen LogP contribution is -2.29. The van der Waals surface area contributed by atoms with E-state index in [0.717, 1.165) is 40.6 Å². The number of nitrogens with one attached hydrogen (secondary N) is 2. The molecule has 2 aromatic carbocycles. The SMILES string of the molecule is Cn1cc2cc(Nc3nc(NC4CCOCC4)nnc3C(N)=O)cc(-c3ccccc3)c2n1. The molecule has 168 valence electrons. The van der Waals surface area contributed by atoms with Gasteiger partial charge in [-0.05, 0) is 30.5 Å². The minimum Gasteiger partial charge on any atom is -0.381 e. The number of ether oxygens (including phenoxy) is 1. The maximum atomic E-state index is 12.0. The second kappa shape index (κ2) is 8.83. The largest absolute Gasteiger partial charge is 0.381 e. The normalized spacial score (nSPS) is 14.3. The smallest absolute Gasteiger partial charge is 0.273 e. The van der Waals surface area contributed by atoms with Gasteiger partial charge in [0, 0.05) is 49.1 Å². The molecule has 10 nitrogen and oxygen atoms in total. The van der Waals surface area contributed by atoms with Crippen molar-refractivity contribution in [3.8, 4) is 11.1 Å². The van der Waals surface area contributed by atoms with Gasteiger partial charge in [0.15, 0.2) is 11.5 Å². The molecule has 0 radical (unpaired) electrons. The molecule has 0 unspecified atom stereocenters. The average Bonchev–Trinajstić information content (AvgIpc) is 3.20. The van der Waals surface area contributed by atoms with Crippen LogP contribution in [-0.4, -0.2) is 50.1 Å². The van der Waals surface area contributed by atoms with Crippen molar-refractivity contribution < 1.29 is 9.53 Å². The number of fused-ring (bicyclic) bond motifs is 1. The highest BCUT2D eigenvalue weighted by molar-refractivity contribution is 5.99. The van der Waals surface area contributed by atoms with Crippen LogP contribution in [0.15, 0.2) is 48.7 Å². The summed E-state index contributed by atoms with van der Waals surface area (Å²) in [7, 11) is 1.88. The van der Waals surface area contributed by atoms with Crippen molar-refractivity contribution in [2.24, 2.45) is 12.8 Å². The Morgan fingerprint density at radius 3 is 2.70 bits per heavy atom. The summed E-state index contributed by atoms with van der Waals surface area (Å²) in [6.07, 6.45) is 3.64. The van der Waals surface area contributed by atoms with Crippen molar-refractivity contribution in [1.29, 1.82) is 0 Å². The molecule has 4 N–H and O–H groups in total. The van der Waals surface area contributed by atoms with Crippen LogP contribution in [0.25, 0.3) is 22.0 Å². The zero-order chi connectivity index (χ0) is 22.8. The number of aromatic nitrogens is 5. The van der Waals surface area contributed by atoms with Gasteiger partial charge < -0.3 is 21.1 Å². The number of primary amides is 1. The average molecular weight is 444 g/mol. The summed E-state index contributed by atoms with van der Waals surface area (Å²) in [5.41, 5.74) is 9.12. The first kappa shape index (κ1) is 20.8. The molecule has 0 aliphatic carbocycles. The third-order valence-electron chi connectivity index (χ3n) is 5.55. The number of aryl methyl sites for hydroxylation is 1. The molecule has 1 saturated heterocycles. The number of carbonyl (C=O) groups excluding carboxylic acids is 1. The van der Waals surface area contributed by atoms with E-state index < -0.39 is 5.91 Å². The van der Waals surface area contributed by atoms with Gasteiger partial charge in [0.25, 0.3) is 5.91 Å². The van der Waals surface area contributed by atoms with Gasteiger partial charge in [0.2, 0.25) is 5.95 Å². The van der Waals surface area contributed by atoms with Crippen LogP contribution in [-0.2, 0) is 11.8 Å². The lowest BCUT2D eigenvalue weighted by molar-refractivity contribution is 0.0903. The molecule has 2 aromatic heterocycles. The van der Waals surface area contributed by atoms with Crippen molar-refractivity contribution >= 4 is 34.3 Å². The number of amides is 1. The van der Waals surface area contributed by atoms with Crippen LogP contribution in [0.2, 0.25) is 0 Å². The fourth-order valence-corrected chi connectivity index (χ4v) is 3.97. The highest BCUT2D eigenvalue weighted by Gasteiger charge is 2.19. The number of hydrogen-bond acceptors (Lipinski definition) is 8. The Balaban J connectivity index is 1.53. The fourth-order valence-electron chi connectivity index (χ4n) is 3.97. The van der Waals surface area contributed by atoms with Gasteiger partial charge in [0.05, 0.1) is 0 Å². The number of rotatable bonds is 6. The van der Waals surface area contributed by atoms with E-state index >= 15 is 0 Å². The standard InChI is InChI=1S/C23H24N8O2/c1-31-13-15-11-17(12-18(19(15)30-31)14-5-3-2-4-6-14)25-22-20(21(24)32)28-29-23(27-22)26-16-7-9-33-10-8-16/h2-6,11-13,16H,7-10H2,1H3,(H2,24,32)(H2,25,26,27,29). The zero-order valence-corrected chi connectivity index (χ0v) is 18.2. The molecule has 0 saturated carbocycles. The van der Waals surface area contributed by atoms with Crippen LogP contribution >= 0.6 is 0 Å². The van der Waals surface area contributed by atoms with E-state index in [2.05, 4.69) is 30.9 Å². The maximum Gasteiger partial charge on any atom is 0.273 e. The Hall–Kier alpha value is -4.05. The minimum absolute atomic E-state index is 0.0277. The van der Waals surface area contributed by atoms with Gasteiger partial charge in [0.1, 0.15) is 5.52 Å². The summed E-state index contributed by atoms with van der Waals surface area (Å²) in [6.45, 7) is 1.37. The van der Waals surface area contributed by atoms with Crippen molar-refractivity contribution in [3.05, 3.63) is 54.4 Å². The summed E-state index contributed by atoms with van der Waals surface area (Å²) in [5, 5.41) is 20.1. The van der Waals surface area contributed by atoms with Crippen molar-refractivity contribution in [1.82, 2.24) is 25.0 Å². The van der Waals surface area contributed by atoms with Gasteiger partial charge in [-0.3, -0.25) is 9.48 Å². The second-order valence-electron chi connectivity index (χ2n) is 7.98. The maximum absolute atomic E-state index is 12.0.